The number of aromatic nitrogens is 4. The number of rotatable bonds is 2. The van der Waals surface area contributed by atoms with Crippen LogP contribution in [0.15, 0.2) is 36.7 Å². The molecule has 0 bridgehead atoms. The van der Waals surface area contributed by atoms with E-state index in [0.29, 0.717) is 17.0 Å². The zero-order valence-corrected chi connectivity index (χ0v) is 10.1. The van der Waals surface area contributed by atoms with Crippen LogP contribution in [0.4, 0.5) is 0 Å². The maximum atomic E-state index is 11.2. The second kappa shape index (κ2) is 4.16. The van der Waals surface area contributed by atoms with E-state index in [1.165, 1.54) is 0 Å². The molecule has 0 aliphatic carbocycles. The molecule has 0 aliphatic rings. The second-order valence-electron chi connectivity index (χ2n) is 4.13. The molecule has 3 rings (SSSR count). The Hall–Kier alpha value is -2.76. The number of nitrogens with zero attached hydrogens (tertiary/aromatic N) is 4. The molecule has 0 spiro atoms. The summed E-state index contributed by atoms with van der Waals surface area (Å²) in [7, 11) is 0. The molecule has 0 fully saturated rings. The lowest BCUT2D eigenvalue weighted by molar-refractivity contribution is 0.0697. The quantitative estimate of drug-likeness (QED) is 0.754. The molecule has 0 amide bonds. The van der Waals surface area contributed by atoms with Gasteiger partial charge in [-0.3, -0.25) is 4.40 Å². The summed E-state index contributed by atoms with van der Waals surface area (Å²) in [5.41, 5.74) is 2.19. The van der Waals surface area contributed by atoms with Gasteiger partial charge in [-0.05, 0) is 13.0 Å². The second-order valence-corrected chi connectivity index (χ2v) is 4.13. The molecule has 1 aromatic carbocycles. The molecule has 0 radical (unpaired) electrons. The Morgan fingerprint density at radius 2 is 2.05 bits per heavy atom. The third-order valence-electron chi connectivity index (χ3n) is 2.84. The summed E-state index contributed by atoms with van der Waals surface area (Å²) in [6.45, 7) is 1.86. The molecule has 19 heavy (non-hydrogen) atoms. The van der Waals surface area contributed by atoms with Crippen LogP contribution in [0, 0.1) is 6.92 Å². The van der Waals surface area contributed by atoms with Crippen molar-refractivity contribution in [3.05, 3.63) is 47.9 Å². The van der Waals surface area contributed by atoms with Crippen molar-refractivity contribution in [2.24, 2.45) is 0 Å². The number of fused-ring (bicyclic) bond motifs is 1. The van der Waals surface area contributed by atoms with E-state index in [1.807, 2.05) is 6.92 Å². The minimum absolute atomic E-state index is 0.192. The van der Waals surface area contributed by atoms with Gasteiger partial charge in [-0.25, -0.2) is 9.78 Å². The van der Waals surface area contributed by atoms with Gasteiger partial charge in [0.05, 0.1) is 5.56 Å². The SMILES string of the molecule is Cc1cc2nnc(-c3ccccc3C(=O)O)n2cn1. The average Bonchev–Trinajstić information content (AvgIpc) is 2.81. The Morgan fingerprint density at radius 1 is 1.26 bits per heavy atom. The van der Waals surface area contributed by atoms with E-state index >= 15 is 0 Å². The lowest BCUT2D eigenvalue weighted by Crippen LogP contribution is -2.01. The molecule has 3 aromatic rings. The Kier molecular flexibility index (Phi) is 2.49. The van der Waals surface area contributed by atoms with Crippen LogP contribution >= 0.6 is 0 Å². The summed E-state index contributed by atoms with van der Waals surface area (Å²) >= 11 is 0. The lowest BCUT2D eigenvalue weighted by atomic mass is 10.1. The molecular weight excluding hydrogens is 244 g/mol. The van der Waals surface area contributed by atoms with Crippen LogP contribution in [0.2, 0.25) is 0 Å². The van der Waals surface area contributed by atoms with Gasteiger partial charge in [0.25, 0.3) is 0 Å². The number of benzene rings is 1. The molecule has 0 saturated carbocycles. The van der Waals surface area contributed by atoms with Crippen LogP contribution in [-0.2, 0) is 0 Å². The predicted molar refractivity (Wildman–Crippen MR) is 67.9 cm³/mol. The zero-order valence-electron chi connectivity index (χ0n) is 10.1. The minimum atomic E-state index is -0.993. The molecule has 6 heteroatoms. The van der Waals surface area contributed by atoms with Gasteiger partial charge in [-0.1, -0.05) is 18.2 Å². The van der Waals surface area contributed by atoms with Gasteiger partial charge in [0.1, 0.15) is 6.33 Å². The third kappa shape index (κ3) is 1.83. The first-order valence-corrected chi connectivity index (χ1v) is 5.67. The van der Waals surface area contributed by atoms with E-state index < -0.39 is 5.97 Å². The van der Waals surface area contributed by atoms with Gasteiger partial charge < -0.3 is 5.11 Å². The number of carbonyl (C=O) groups is 1. The van der Waals surface area contributed by atoms with Gasteiger partial charge in [-0.15, -0.1) is 10.2 Å². The molecular formula is C13H10N4O2. The van der Waals surface area contributed by atoms with Crippen LogP contribution in [0.1, 0.15) is 16.1 Å². The Balaban J connectivity index is 2.28. The lowest BCUT2D eigenvalue weighted by Gasteiger charge is -2.03. The van der Waals surface area contributed by atoms with Crippen molar-refractivity contribution >= 4 is 11.6 Å². The zero-order chi connectivity index (χ0) is 13.4. The third-order valence-corrected chi connectivity index (χ3v) is 2.84. The van der Waals surface area contributed by atoms with Crippen molar-refractivity contribution in [1.29, 1.82) is 0 Å². The largest absolute Gasteiger partial charge is 0.478 e. The molecule has 0 aliphatic heterocycles. The maximum Gasteiger partial charge on any atom is 0.336 e. The number of carboxylic acid groups (broad SMARTS) is 1. The fourth-order valence-electron chi connectivity index (χ4n) is 1.94. The Labute approximate surface area is 108 Å². The first-order valence-electron chi connectivity index (χ1n) is 5.67. The molecule has 1 N–H and O–H groups in total. The first-order chi connectivity index (χ1) is 9.16. The molecule has 0 unspecified atom stereocenters. The van der Waals surface area contributed by atoms with Crippen molar-refractivity contribution in [3.63, 3.8) is 0 Å². The molecule has 94 valence electrons. The topological polar surface area (TPSA) is 80.4 Å². The van der Waals surface area contributed by atoms with E-state index in [2.05, 4.69) is 15.2 Å². The summed E-state index contributed by atoms with van der Waals surface area (Å²) < 4.78 is 1.68. The van der Waals surface area contributed by atoms with Crippen molar-refractivity contribution in [2.75, 3.05) is 0 Å². The summed E-state index contributed by atoms with van der Waals surface area (Å²) in [6, 6.07) is 8.49. The summed E-state index contributed by atoms with van der Waals surface area (Å²) in [6.07, 6.45) is 1.60. The number of aryl methyl sites for hydroxylation is 1. The number of aromatic carboxylic acids is 1. The van der Waals surface area contributed by atoms with Gasteiger partial charge in [-0.2, -0.15) is 0 Å². The molecule has 0 saturated heterocycles. The smallest absolute Gasteiger partial charge is 0.336 e. The van der Waals surface area contributed by atoms with Gasteiger partial charge in [0.15, 0.2) is 11.5 Å². The summed E-state index contributed by atoms with van der Waals surface area (Å²) in [4.78, 5) is 15.4. The first kappa shape index (κ1) is 11.3. The van der Waals surface area contributed by atoms with Crippen molar-refractivity contribution in [2.45, 2.75) is 6.92 Å². The van der Waals surface area contributed by atoms with E-state index in [0.717, 1.165) is 5.69 Å². The van der Waals surface area contributed by atoms with Crippen molar-refractivity contribution in [3.8, 4) is 11.4 Å². The minimum Gasteiger partial charge on any atom is -0.478 e. The highest BCUT2D eigenvalue weighted by atomic mass is 16.4. The Morgan fingerprint density at radius 3 is 2.84 bits per heavy atom. The number of hydrogen-bond donors (Lipinski definition) is 1. The predicted octanol–water partition coefficient (Wildman–Crippen LogP) is 1.80. The highest BCUT2D eigenvalue weighted by Crippen LogP contribution is 2.22. The van der Waals surface area contributed by atoms with Gasteiger partial charge in [0.2, 0.25) is 0 Å². The average molecular weight is 254 g/mol. The molecule has 6 nitrogen and oxygen atoms in total. The van der Waals surface area contributed by atoms with Crippen molar-refractivity contribution < 1.29 is 9.90 Å². The number of carboxylic acids is 1. The van der Waals surface area contributed by atoms with Crippen LogP contribution in [-0.4, -0.2) is 30.7 Å². The van der Waals surface area contributed by atoms with Crippen molar-refractivity contribution in [1.82, 2.24) is 19.6 Å². The molecule has 2 aromatic heterocycles. The maximum absolute atomic E-state index is 11.2. The van der Waals surface area contributed by atoms with Gasteiger partial charge in [0, 0.05) is 17.3 Å². The van der Waals surface area contributed by atoms with Gasteiger partial charge >= 0.3 is 5.97 Å². The normalized spacial score (nSPS) is 10.8. The molecule has 2 heterocycles. The van der Waals surface area contributed by atoms with Crippen LogP contribution < -0.4 is 0 Å². The summed E-state index contributed by atoms with van der Waals surface area (Å²) in [5, 5.41) is 17.3. The van der Waals surface area contributed by atoms with E-state index in [1.54, 1.807) is 41.1 Å². The van der Waals surface area contributed by atoms with Crippen LogP contribution in [0.5, 0.6) is 0 Å². The van der Waals surface area contributed by atoms with E-state index in [9.17, 15) is 9.90 Å². The standard InChI is InChI=1S/C13H10N4O2/c1-8-6-11-15-16-12(17(11)7-14-8)9-4-2-3-5-10(9)13(18)19/h2-7H,1H3,(H,18,19). The van der Waals surface area contributed by atoms with Crippen LogP contribution in [0.25, 0.3) is 17.0 Å². The number of hydrogen-bond acceptors (Lipinski definition) is 4. The molecule has 0 atom stereocenters. The monoisotopic (exact) mass is 254 g/mol. The van der Waals surface area contributed by atoms with E-state index in [-0.39, 0.29) is 5.56 Å². The summed E-state index contributed by atoms with van der Waals surface area (Å²) in [5.74, 6) is -0.520. The Bertz CT molecular complexity index is 779. The van der Waals surface area contributed by atoms with Crippen LogP contribution in [0.3, 0.4) is 0 Å². The highest BCUT2D eigenvalue weighted by molar-refractivity contribution is 5.95. The van der Waals surface area contributed by atoms with E-state index in [4.69, 9.17) is 0 Å². The highest BCUT2D eigenvalue weighted by Gasteiger charge is 2.15. The fourth-order valence-corrected chi connectivity index (χ4v) is 1.94. The fraction of sp³-hybridized carbons (Fsp3) is 0.0769.